The third kappa shape index (κ3) is 4.02. The predicted molar refractivity (Wildman–Crippen MR) is 112 cm³/mol. The van der Waals surface area contributed by atoms with Crippen LogP contribution in [0.5, 0.6) is 17.2 Å². The van der Waals surface area contributed by atoms with Gasteiger partial charge in [-0.25, -0.2) is 9.97 Å². The van der Waals surface area contributed by atoms with Crippen LogP contribution < -0.4 is 9.47 Å². The third-order valence-corrected chi connectivity index (χ3v) is 5.50. The average Bonchev–Trinajstić information content (AvgIpc) is 3.19. The maximum absolute atomic E-state index is 9.87. The Morgan fingerprint density at radius 1 is 1.00 bits per heavy atom. The van der Waals surface area contributed by atoms with E-state index in [-0.39, 0.29) is 5.75 Å². The zero-order valence-corrected chi connectivity index (χ0v) is 16.7. The lowest BCUT2D eigenvalue weighted by molar-refractivity contribution is 0.373. The van der Waals surface area contributed by atoms with Crippen LogP contribution in [-0.4, -0.2) is 29.3 Å². The molecule has 0 spiro atoms. The molecular formula is C21H18N4O3S. The molecule has 4 aromatic rings. The minimum Gasteiger partial charge on any atom is -0.504 e. The first-order chi connectivity index (χ1) is 14.2. The van der Waals surface area contributed by atoms with E-state index in [1.807, 2.05) is 36.4 Å². The van der Waals surface area contributed by atoms with Gasteiger partial charge in [0.15, 0.2) is 17.3 Å². The molecular weight excluding hydrogens is 388 g/mol. The number of aromatic nitrogens is 2. The summed E-state index contributed by atoms with van der Waals surface area (Å²) in [6, 6.07) is 15.0. The van der Waals surface area contributed by atoms with E-state index in [9.17, 15) is 5.11 Å². The Hall–Kier alpha value is -3.52. The molecule has 7 nitrogen and oxygen atoms in total. The standard InChI is InChI=1S/C21H18N4O3S/c1-27-15-6-4-14(5-7-15)19-10-16-20(29-19)21(23-12-22-16)25-24-11-13-3-8-18(28-2)17(26)9-13/h3-10,12,26H,11H2,1-2H3. The summed E-state index contributed by atoms with van der Waals surface area (Å²) in [5, 5.41) is 18.4. The van der Waals surface area contributed by atoms with Gasteiger partial charge in [-0.2, -0.15) is 5.11 Å². The smallest absolute Gasteiger partial charge is 0.195 e. The van der Waals surface area contributed by atoms with Gasteiger partial charge in [0.1, 0.15) is 12.1 Å². The first kappa shape index (κ1) is 18.8. The molecule has 0 bridgehead atoms. The number of azo groups is 1. The highest BCUT2D eigenvalue weighted by molar-refractivity contribution is 7.22. The molecule has 2 aromatic heterocycles. The number of thiophene rings is 1. The summed E-state index contributed by atoms with van der Waals surface area (Å²) in [5.74, 6) is 1.84. The van der Waals surface area contributed by atoms with Crippen LogP contribution in [0.4, 0.5) is 5.82 Å². The van der Waals surface area contributed by atoms with Gasteiger partial charge in [-0.1, -0.05) is 6.07 Å². The van der Waals surface area contributed by atoms with Crippen molar-refractivity contribution in [3.05, 3.63) is 60.4 Å². The molecule has 2 aromatic carbocycles. The largest absolute Gasteiger partial charge is 0.504 e. The summed E-state index contributed by atoms with van der Waals surface area (Å²) in [4.78, 5) is 9.68. The van der Waals surface area contributed by atoms with Crippen LogP contribution in [0.2, 0.25) is 0 Å². The Morgan fingerprint density at radius 3 is 2.55 bits per heavy atom. The molecule has 0 aliphatic carbocycles. The van der Waals surface area contributed by atoms with Crippen molar-refractivity contribution in [1.29, 1.82) is 0 Å². The molecule has 0 amide bonds. The SMILES string of the molecule is COc1ccc(-c2cc3ncnc(N=NCc4ccc(OC)c(O)c4)c3s2)cc1. The van der Waals surface area contributed by atoms with E-state index in [0.717, 1.165) is 32.0 Å². The van der Waals surface area contributed by atoms with Crippen LogP contribution >= 0.6 is 11.3 Å². The van der Waals surface area contributed by atoms with Gasteiger partial charge in [-0.15, -0.1) is 16.5 Å². The Balaban J connectivity index is 1.58. The Kier molecular flexibility index (Phi) is 5.35. The van der Waals surface area contributed by atoms with Crippen molar-refractivity contribution >= 4 is 27.4 Å². The number of phenols is 1. The van der Waals surface area contributed by atoms with E-state index in [4.69, 9.17) is 9.47 Å². The van der Waals surface area contributed by atoms with Crippen molar-refractivity contribution in [3.8, 4) is 27.7 Å². The zero-order chi connectivity index (χ0) is 20.2. The molecule has 1 N–H and O–H groups in total. The van der Waals surface area contributed by atoms with Gasteiger partial charge in [0.25, 0.3) is 0 Å². The minimum atomic E-state index is 0.0759. The number of hydrogen-bond acceptors (Lipinski definition) is 8. The van der Waals surface area contributed by atoms with Gasteiger partial charge in [-0.3, -0.25) is 0 Å². The molecule has 0 saturated carbocycles. The molecule has 0 aliphatic heterocycles. The lowest BCUT2D eigenvalue weighted by Gasteiger charge is -2.03. The zero-order valence-electron chi connectivity index (χ0n) is 15.9. The van der Waals surface area contributed by atoms with Gasteiger partial charge >= 0.3 is 0 Å². The number of benzene rings is 2. The summed E-state index contributed by atoms with van der Waals surface area (Å²) in [5.41, 5.74) is 2.72. The summed E-state index contributed by atoms with van der Waals surface area (Å²) in [6.45, 7) is 0.319. The number of phenolic OH excluding ortho intramolecular Hbond substituents is 1. The monoisotopic (exact) mass is 406 g/mol. The van der Waals surface area contributed by atoms with Crippen molar-refractivity contribution in [2.45, 2.75) is 6.54 Å². The van der Waals surface area contributed by atoms with E-state index in [1.165, 1.54) is 13.4 Å². The van der Waals surface area contributed by atoms with Crippen molar-refractivity contribution in [2.75, 3.05) is 14.2 Å². The Bertz CT molecular complexity index is 1170. The third-order valence-electron chi connectivity index (χ3n) is 4.33. The molecule has 2 heterocycles. The van der Waals surface area contributed by atoms with Crippen LogP contribution in [0.15, 0.2) is 65.1 Å². The van der Waals surface area contributed by atoms with E-state index in [2.05, 4.69) is 20.2 Å². The molecule has 0 aliphatic rings. The van der Waals surface area contributed by atoms with Crippen molar-refractivity contribution in [1.82, 2.24) is 9.97 Å². The van der Waals surface area contributed by atoms with Crippen molar-refractivity contribution in [3.63, 3.8) is 0 Å². The summed E-state index contributed by atoms with van der Waals surface area (Å²) >= 11 is 1.57. The molecule has 4 rings (SSSR count). The second-order valence-electron chi connectivity index (χ2n) is 6.16. The molecule has 0 fully saturated rings. The van der Waals surface area contributed by atoms with Gasteiger partial charge in [-0.05, 0) is 53.6 Å². The number of ether oxygens (including phenoxy) is 2. The topological polar surface area (TPSA) is 89.2 Å². The molecule has 0 radical (unpaired) electrons. The molecule has 0 atom stereocenters. The number of hydrogen-bond donors (Lipinski definition) is 1. The summed E-state index contributed by atoms with van der Waals surface area (Å²) < 4.78 is 11.1. The molecule has 146 valence electrons. The molecule has 8 heteroatoms. The Labute approximate surface area is 171 Å². The first-order valence-corrected chi connectivity index (χ1v) is 9.62. The second kappa shape index (κ2) is 8.24. The van der Waals surface area contributed by atoms with Crippen LogP contribution in [0.1, 0.15) is 5.56 Å². The van der Waals surface area contributed by atoms with Gasteiger partial charge < -0.3 is 14.6 Å². The fourth-order valence-corrected chi connectivity index (χ4v) is 3.87. The number of aromatic hydroxyl groups is 1. The van der Waals surface area contributed by atoms with E-state index in [0.29, 0.717) is 18.1 Å². The second-order valence-corrected chi connectivity index (χ2v) is 7.21. The van der Waals surface area contributed by atoms with E-state index >= 15 is 0 Å². The summed E-state index contributed by atoms with van der Waals surface area (Å²) in [6.07, 6.45) is 1.49. The van der Waals surface area contributed by atoms with Crippen molar-refractivity contribution < 1.29 is 14.6 Å². The highest BCUT2D eigenvalue weighted by Crippen LogP contribution is 2.37. The van der Waals surface area contributed by atoms with Crippen LogP contribution in [-0.2, 0) is 6.54 Å². The lowest BCUT2D eigenvalue weighted by atomic mass is 10.2. The molecule has 0 saturated heterocycles. The normalized spacial score (nSPS) is 11.2. The lowest BCUT2D eigenvalue weighted by Crippen LogP contribution is -1.86. The quantitative estimate of drug-likeness (QED) is 0.435. The molecule has 0 unspecified atom stereocenters. The average molecular weight is 406 g/mol. The fourth-order valence-electron chi connectivity index (χ4n) is 2.83. The number of methoxy groups -OCH3 is 2. The molecule has 29 heavy (non-hydrogen) atoms. The minimum absolute atomic E-state index is 0.0759. The van der Waals surface area contributed by atoms with E-state index < -0.39 is 0 Å². The van der Waals surface area contributed by atoms with E-state index in [1.54, 1.807) is 30.6 Å². The fraction of sp³-hybridized carbons (Fsp3) is 0.143. The van der Waals surface area contributed by atoms with Gasteiger partial charge in [0, 0.05) is 4.88 Å². The van der Waals surface area contributed by atoms with Crippen LogP contribution in [0.25, 0.3) is 20.7 Å². The number of fused-ring (bicyclic) bond motifs is 1. The number of rotatable bonds is 6. The summed E-state index contributed by atoms with van der Waals surface area (Å²) in [7, 11) is 3.16. The van der Waals surface area contributed by atoms with Crippen LogP contribution in [0, 0.1) is 0 Å². The van der Waals surface area contributed by atoms with Gasteiger partial charge in [0.05, 0.1) is 31.0 Å². The highest BCUT2D eigenvalue weighted by atomic mass is 32.1. The van der Waals surface area contributed by atoms with Gasteiger partial charge in [0.2, 0.25) is 0 Å². The Morgan fingerprint density at radius 2 is 1.83 bits per heavy atom. The van der Waals surface area contributed by atoms with Crippen molar-refractivity contribution in [2.24, 2.45) is 10.2 Å². The first-order valence-electron chi connectivity index (χ1n) is 8.80. The maximum atomic E-state index is 9.87. The number of nitrogens with zero attached hydrogens (tertiary/aromatic N) is 4. The highest BCUT2D eigenvalue weighted by Gasteiger charge is 2.10. The van der Waals surface area contributed by atoms with Crippen LogP contribution in [0.3, 0.4) is 0 Å². The maximum Gasteiger partial charge on any atom is 0.195 e. The predicted octanol–water partition coefficient (Wildman–Crippen LogP) is 5.37.